The van der Waals surface area contributed by atoms with Gasteiger partial charge in [0.1, 0.15) is 12.1 Å². The van der Waals surface area contributed by atoms with E-state index in [9.17, 15) is 14.4 Å². The third-order valence-electron chi connectivity index (χ3n) is 4.50. The van der Waals surface area contributed by atoms with E-state index in [4.69, 9.17) is 5.73 Å². The highest BCUT2D eigenvalue weighted by Gasteiger charge is 2.38. The van der Waals surface area contributed by atoms with Gasteiger partial charge in [-0.15, -0.1) is 11.3 Å². The zero-order chi connectivity index (χ0) is 19.3. The SMILES string of the molecule is CC(N)C(=O)NC(C(=O)N1CCCC1C(=O)NCc1cccs1)C(C)C. The Morgan fingerprint density at radius 1 is 1.35 bits per heavy atom. The van der Waals surface area contributed by atoms with E-state index in [0.29, 0.717) is 19.5 Å². The van der Waals surface area contributed by atoms with Crippen LogP contribution in [-0.4, -0.2) is 47.3 Å². The fourth-order valence-corrected chi connectivity index (χ4v) is 3.63. The molecule has 2 rings (SSSR count). The summed E-state index contributed by atoms with van der Waals surface area (Å²) in [4.78, 5) is 40.2. The highest BCUT2D eigenvalue weighted by molar-refractivity contribution is 7.09. The topological polar surface area (TPSA) is 105 Å². The first-order chi connectivity index (χ1) is 12.3. The summed E-state index contributed by atoms with van der Waals surface area (Å²) in [5.74, 6) is -0.830. The van der Waals surface area contributed by atoms with E-state index in [1.54, 1.807) is 23.2 Å². The summed E-state index contributed by atoms with van der Waals surface area (Å²) in [7, 11) is 0. The van der Waals surface area contributed by atoms with Gasteiger partial charge in [-0.3, -0.25) is 14.4 Å². The lowest BCUT2D eigenvalue weighted by atomic mass is 10.0. The lowest BCUT2D eigenvalue weighted by Gasteiger charge is -2.30. The van der Waals surface area contributed by atoms with Crippen molar-refractivity contribution in [1.29, 1.82) is 0 Å². The Labute approximate surface area is 158 Å². The smallest absolute Gasteiger partial charge is 0.246 e. The van der Waals surface area contributed by atoms with Gasteiger partial charge in [0, 0.05) is 11.4 Å². The summed E-state index contributed by atoms with van der Waals surface area (Å²) >= 11 is 1.58. The number of carbonyl (C=O) groups excluding carboxylic acids is 3. The minimum Gasteiger partial charge on any atom is -0.349 e. The number of nitrogens with two attached hydrogens (primary N) is 1. The minimum atomic E-state index is -0.687. The summed E-state index contributed by atoms with van der Waals surface area (Å²) in [6, 6.07) is 2.04. The molecule has 1 saturated heterocycles. The number of nitrogens with zero attached hydrogens (tertiary/aromatic N) is 1. The van der Waals surface area contributed by atoms with Crippen molar-refractivity contribution in [3.63, 3.8) is 0 Å². The first-order valence-corrected chi connectivity index (χ1v) is 9.85. The lowest BCUT2D eigenvalue weighted by Crippen LogP contribution is -2.56. The molecule has 0 spiro atoms. The van der Waals surface area contributed by atoms with Gasteiger partial charge in [-0.25, -0.2) is 0 Å². The third kappa shape index (κ3) is 5.04. The van der Waals surface area contributed by atoms with Crippen molar-refractivity contribution >= 4 is 29.1 Å². The molecule has 2 heterocycles. The van der Waals surface area contributed by atoms with Crippen LogP contribution in [0.25, 0.3) is 0 Å². The van der Waals surface area contributed by atoms with Gasteiger partial charge in [0.2, 0.25) is 17.7 Å². The molecule has 8 heteroatoms. The van der Waals surface area contributed by atoms with Crippen molar-refractivity contribution < 1.29 is 14.4 Å². The maximum Gasteiger partial charge on any atom is 0.246 e. The van der Waals surface area contributed by atoms with Crippen LogP contribution in [-0.2, 0) is 20.9 Å². The molecule has 3 unspecified atom stereocenters. The molecule has 1 aromatic heterocycles. The Bertz CT molecular complexity index is 630. The number of amides is 3. The fourth-order valence-electron chi connectivity index (χ4n) is 2.99. The first-order valence-electron chi connectivity index (χ1n) is 8.97. The number of hydrogen-bond donors (Lipinski definition) is 3. The average Bonchev–Trinajstić information content (AvgIpc) is 3.27. The van der Waals surface area contributed by atoms with E-state index in [1.165, 1.54) is 0 Å². The predicted octanol–water partition coefficient (Wildman–Crippen LogP) is 0.843. The molecule has 144 valence electrons. The second kappa shape index (κ2) is 9.14. The molecular weight excluding hydrogens is 352 g/mol. The third-order valence-corrected chi connectivity index (χ3v) is 5.38. The Morgan fingerprint density at radius 2 is 2.08 bits per heavy atom. The largest absolute Gasteiger partial charge is 0.349 e. The molecule has 0 saturated carbocycles. The van der Waals surface area contributed by atoms with Crippen molar-refractivity contribution in [2.45, 2.75) is 58.3 Å². The Hall–Kier alpha value is -1.93. The molecule has 0 aromatic carbocycles. The van der Waals surface area contributed by atoms with E-state index in [1.807, 2.05) is 31.4 Å². The highest BCUT2D eigenvalue weighted by atomic mass is 32.1. The van der Waals surface area contributed by atoms with Gasteiger partial charge in [0.25, 0.3) is 0 Å². The summed E-state index contributed by atoms with van der Waals surface area (Å²) in [5.41, 5.74) is 5.60. The van der Waals surface area contributed by atoms with E-state index < -0.39 is 18.1 Å². The zero-order valence-electron chi connectivity index (χ0n) is 15.5. The number of carbonyl (C=O) groups is 3. The van der Waals surface area contributed by atoms with Gasteiger partial charge in [-0.05, 0) is 37.1 Å². The molecule has 1 aliphatic heterocycles. The van der Waals surface area contributed by atoms with Crippen LogP contribution in [0.4, 0.5) is 0 Å². The van der Waals surface area contributed by atoms with Crippen LogP contribution in [0.1, 0.15) is 38.5 Å². The molecule has 0 radical (unpaired) electrons. The maximum atomic E-state index is 13.0. The molecule has 1 fully saturated rings. The van der Waals surface area contributed by atoms with E-state index in [0.717, 1.165) is 11.3 Å². The minimum absolute atomic E-state index is 0.0966. The Morgan fingerprint density at radius 3 is 2.65 bits per heavy atom. The second-order valence-electron chi connectivity index (χ2n) is 7.01. The van der Waals surface area contributed by atoms with Crippen LogP contribution in [0.15, 0.2) is 17.5 Å². The normalized spacial score (nSPS) is 19.3. The standard InChI is InChI=1S/C18H28N4O3S/c1-11(2)15(21-16(23)12(3)19)18(25)22-8-4-7-14(22)17(24)20-10-13-6-5-9-26-13/h5-6,9,11-12,14-15H,4,7-8,10,19H2,1-3H3,(H,20,24)(H,21,23). The van der Waals surface area contributed by atoms with Gasteiger partial charge >= 0.3 is 0 Å². The number of rotatable bonds is 7. The van der Waals surface area contributed by atoms with Crippen LogP contribution in [0.3, 0.4) is 0 Å². The molecular formula is C18H28N4O3S. The first kappa shape index (κ1) is 20.4. The van der Waals surface area contributed by atoms with E-state index in [-0.39, 0.29) is 23.6 Å². The van der Waals surface area contributed by atoms with Gasteiger partial charge in [0.05, 0.1) is 12.6 Å². The number of thiophene rings is 1. The van der Waals surface area contributed by atoms with Crippen molar-refractivity contribution in [3.05, 3.63) is 22.4 Å². The van der Waals surface area contributed by atoms with Crippen molar-refractivity contribution in [2.24, 2.45) is 11.7 Å². The van der Waals surface area contributed by atoms with Crippen LogP contribution in [0.2, 0.25) is 0 Å². The van der Waals surface area contributed by atoms with E-state index >= 15 is 0 Å². The molecule has 3 atom stereocenters. The highest BCUT2D eigenvalue weighted by Crippen LogP contribution is 2.21. The number of hydrogen-bond acceptors (Lipinski definition) is 5. The predicted molar refractivity (Wildman–Crippen MR) is 101 cm³/mol. The maximum absolute atomic E-state index is 13.0. The molecule has 7 nitrogen and oxygen atoms in total. The summed E-state index contributed by atoms with van der Waals surface area (Å²) < 4.78 is 0. The van der Waals surface area contributed by atoms with Crippen LogP contribution in [0.5, 0.6) is 0 Å². The molecule has 26 heavy (non-hydrogen) atoms. The Kier molecular flexibility index (Phi) is 7.16. The van der Waals surface area contributed by atoms with Crippen LogP contribution < -0.4 is 16.4 Å². The average molecular weight is 381 g/mol. The molecule has 3 amide bonds. The summed E-state index contributed by atoms with van der Waals surface area (Å²) in [6.45, 7) is 6.29. The molecule has 0 bridgehead atoms. The summed E-state index contributed by atoms with van der Waals surface area (Å²) in [5, 5.41) is 7.59. The molecule has 1 aromatic rings. The second-order valence-corrected chi connectivity index (χ2v) is 8.04. The Balaban J connectivity index is 2.02. The van der Waals surface area contributed by atoms with Gasteiger partial charge in [-0.2, -0.15) is 0 Å². The van der Waals surface area contributed by atoms with Gasteiger partial charge in [-0.1, -0.05) is 19.9 Å². The fraction of sp³-hybridized carbons (Fsp3) is 0.611. The lowest BCUT2D eigenvalue weighted by molar-refractivity contribution is -0.142. The van der Waals surface area contributed by atoms with Crippen LogP contribution in [0, 0.1) is 5.92 Å². The van der Waals surface area contributed by atoms with Crippen LogP contribution >= 0.6 is 11.3 Å². The van der Waals surface area contributed by atoms with Gasteiger partial charge < -0.3 is 21.3 Å². The van der Waals surface area contributed by atoms with Crippen molar-refractivity contribution in [1.82, 2.24) is 15.5 Å². The van der Waals surface area contributed by atoms with Crippen molar-refractivity contribution in [2.75, 3.05) is 6.54 Å². The quantitative estimate of drug-likeness (QED) is 0.652. The van der Waals surface area contributed by atoms with Crippen molar-refractivity contribution in [3.8, 4) is 0 Å². The number of nitrogens with one attached hydrogen (secondary N) is 2. The monoisotopic (exact) mass is 380 g/mol. The summed E-state index contributed by atoms with van der Waals surface area (Å²) in [6.07, 6.45) is 1.41. The van der Waals surface area contributed by atoms with E-state index in [2.05, 4.69) is 10.6 Å². The number of likely N-dealkylation sites (tertiary alicyclic amines) is 1. The molecule has 1 aliphatic rings. The zero-order valence-corrected chi connectivity index (χ0v) is 16.3. The molecule has 4 N–H and O–H groups in total. The molecule has 0 aliphatic carbocycles. The van der Waals surface area contributed by atoms with Gasteiger partial charge in [0.15, 0.2) is 0 Å².